The van der Waals surface area contributed by atoms with E-state index in [-0.39, 0.29) is 0 Å². The topological polar surface area (TPSA) is 3.24 Å². The number of hydrogen-bond donors (Lipinski definition) is 0. The first-order chi connectivity index (χ1) is 6.39. The van der Waals surface area contributed by atoms with Gasteiger partial charge < -0.3 is 4.90 Å². The van der Waals surface area contributed by atoms with Gasteiger partial charge in [0.25, 0.3) is 0 Å². The fraction of sp³-hybridized carbons (Fsp3) is 0.833. The van der Waals surface area contributed by atoms with Gasteiger partial charge >= 0.3 is 0 Å². The highest BCUT2D eigenvalue weighted by molar-refractivity contribution is 4.81. The number of allylic oxidation sites excluding steroid dienone is 2. The second-order valence-electron chi connectivity index (χ2n) is 4.12. The molecule has 0 saturated heterocycles. The zero-order valence-corrected chi connectivity index (χ0v) is 8.97. The van der Waals surface area contributed by atoms with Crippen LogP contribution in [0.15, 0.2) is 12.2 Å². The standard InChI is InChI=1S/C12H23N/c1-13-11-9-7-5-3-2-4-6-8-10-12-13/h3,5H,2,4,6-12H2,1H3/b5-3-. The van der Waals surface area contributed by atoms with E-state index >= 15 is 0 Å². The molecule has 13 heavy (non-hydrogen) atoms. The van der Waals surface area contributed by atoms with Crippen LogP contribution in [0.25, 0.3) is 0 Å². The minimum Gasteiger partial charge on any atom is -0.306 e. The molecule has 0 aliphatic carbocycles. The van der Waals surface area contributed by atoms with Crippen molar-refractivity contribution in [3.05, 3.63) is 12.2 Å². The van der Waals surface area contributed by atoms with E-state index in [4.69, 9.17) is 0 Å². The van der Waals surface area contributed by atoms with Crippen LogP contribution in [-0.4, -0.2) is 25.0 Å². The molecule has 0 radical (unpaired) electrons. The van der Waals surface area contributed by atoms with Crippen LogP contribution in [0.1, 0.15) is 44.9 Å². The van der Waals surface area contributed by atoms with E-state index in [0.29, 0.717) is 0 Å². The van der Waals surface area contributed by atoms with Crippen LogP contribution in [0, 0.1) is 0 Å². The molecule has 0 N–H and O–H groups in total. The highest BCUT2D eigenvalue weighted by Crippen LogP contribution is 2.07. The van der Waals surface area contributed by atoms with E-state index in [1.807, 2.05) is 0 Å². The summed E-state index contributed by atoms with van der Waals surface area (Å²) < 4.78 is 0. The van der Waals surface area contributed by atoms with Crippen LogP contribution < -0.4 is 0 Å². The lowest BCUT2D eigenvalue weighted by Crippen LogP contribution is -2.20. The molecule has 0 aromatic rings. The zero-order chi connectivity index (χ0) is 9.36. The maximum atomic E-state index is 2.47. The fourth-order valence-electron chi connectivity index (χ4n) is 1.82. The summed E-state index contributed by atoms with van der Waals surface area (Å²) >= 11 is 0. The predicted octanol–water partition coefficient (Wildman–Crippen LogP) is 3.22. The summed E-state index contributed by atoms with van der Waals surface area (Å²) in [6.45, 7) is 2.56. The van der Waals surface area contributed by atoms with Gasteiger partial charge in [0.1, 0.15) is 0 Å². The molecule has 1 aliphatic rings. The molecular weight excluding hydrogens is 158 g/mol. The first kappa shape index (κ1) is 10.8. The minimum absolute atomic E-state index is 1.27. The Morgan fingerprint density at radius 3 is 2.23 bits per heavy atom. The summed E-state index contributed by atoms with van der Waals surface area (Å²) in [4.78, 5) is 2.47. The number of nitrogens with zero attached hydrogens (tertiary/aromatic N) is 1. The normalized spacial score (nSPS) is 25.9. The summed E-state index contributed by atoms with van der Waals surface area (Å²) in [5.74, 6) is 0. The van der Waals surface area contributed by atoms with E-state index in [0.717, 1.165) is 0 Å². The van der Waals surface area contributed by atoms with Crippen molar-refractivity contribution in [2.45, 2.75) is 44.9 Å². The molecule has 0 aromatic carbocycles. The molecular formula is C12H23N. The molecule has 0 spiro atoms. The van der Waals surface area contributed by atoms with Crippen molar-refractivity contribution in [3.63, 3.8) is 0 Å². The highest BCUT2D eigenvalue weighted by atomic mass is 15.1. The smallest absolute Gasteiger partial charge is 0.00188 e. The van der Waals surface area contributed by atoms with Crippen LogP contribution in [-0.2, 0) is 0 Å². The summed E-state index contributed by atoms with van der Waals surface area (Å²) in [5.41, 5.74) is 0. The first-order valence-electron chi connectivity index (χ1n) is 5.73. The van der Waals surface area contributed by atoms with Gasteiger partial charge in [-0.05, 0) is 52.2 Å². The van der Waals surface area contributed by atoms with Crippen molar-refractivity contribution in [1.29, 1.82) is 0 Å². The minimum atomic E-state index is 1.27. The van der Waals surface area contributed by atoms with E-state index in [1.165, 1.54) is 58.0 Å². The molecule has 1 aliphatic heterocycles. The zero-order valence-electron chi connectivity index (χ0n) is 8.97. The SMILES string of the molecule is CN1CCC/C=C\CCCCCC1. The van der Waals surface area contributed by atoms with E-state index in [1.54, 1.807) is 0 Å². The Balaban J connectivity index is 2.20. The highest BCUT2D eigenvalue weighted by Gasteiger charge is 1.98. The van der Waals surface area contributed by atoms with Crippen LogP contribution >= 0.6 is 0 Å². The molecule has 1 rings (SSSR count). The van der Waals surface area contributed by atoms with Crippen LogP contribution in [0.2, 0.25) is 0 Å². The van der Waals surface area contributed by atoms with E-state index in [2.05, 4.69) is 24.1 Å². The summed E-state index contributed by atoms with van der Waals surface area (Å²) in [6, 6.07) is 0. The van der Waals surface area contributed by atoms with Crippen molar-refractivity contribution in [1.82, 2.24) is 4.90 Å². The van der Waals surface area contributed by atoms with E-state index < -0.39 is 0 Å². The van der Waals surface area contributed by atoms with Gasteiger partial charge in [-0.3, -0.25) is 0 Å². The lowest BCUT2D eigenvalue weighted by molar-refractivity contribution is 0.320. The average Bonchev–Trinajstić information content (AvgIpc) is 2.11. The molecule has 1 nitrogen and oxygen atoms in total. The second kappa shape index (κ2) is 7.14. The van der Waals surface area contributed by atoms with Gasteiger partial charge in [0.05, 0.1) is 0 Å². The van der Waals surface area contributed by atoms with Gasteiger partial charge in [-0.2, -0.15) is 0 Å². The lowest BCUT2D eigenvalue weighted by atomic mass is 10.1. The van der Waals surface area contributed by atoms with Crippen molar-refractivity contribution >= 4 is 0 Å². The van der Waals surface area contributed by atoms with Crippen molar-refractivity contribution in [3.8, 4) is 0 Å². The lowest BCUT2D eigenvalue weighted by Gasteiger charge is -2.16. The van der Waals surface area contributed by atoms with Gasteiger partial charge in [-0.15, -0.1) is 0 Å². The Labute approximate surface area is 82.8 Å². The molecule has 0 aromatic heterocycles. The summed E-state index contributed by atoms with van der Waals surface area (Å²) in [6.07, 6.45) is 14.2. The average molecular weight is 181 g/mol. The van der Waals surface area contributed by atoms with Crippen LogP contribution in [0.5, 0.6) is 0 Å². The van der Waals surface area contributed by atoms with Crippen LogP contribution in [0.3, 0.4) is 0 Å². The molecule has 0 unspecified atom stereocenters. The van der Waals surface area contributed by atoms with Gasteiger partial charge in [-0.25, -0.2) is 0 Å². The maximum absolute atomic E-state index is 2.47. The second-order valence-corrected chi connectivity index (χ2v) is 4.12. The Bertz CT molecular complexity index is 140. The van der Waals surface area contributed by atoms with Gasteiger partial charge in [0, 0.05) is 0 Å². The molecule has 0 amide bonds. The molecule has 1 heterocycles. The molecule has 0 bridgehead atoms. The van der Waals surface area contributed by atoms with Crippen molar-refractivity contribution in [2.24, 2.45) is 0 Å². The quantitative estimate of drug-likeness (QED) is 0.519. The number of hydrogen-bond acceptors (Lipinski definition) is 1. The van der Waals surface area contributed by atoms with Gasteiger partial charge in [-0.1, -0.05) is 25.0 Å². The van der Waals surface area contributed by atoms with Gasteiger partial charge in [0.15, 0.2) is 0 Å². The maximum Gasteiger partial charge on any atom is -0.00188 e. The monoisotopic (exact) mass is 181 g/mol. The van der Waals surface area contributed by atoms with Crippen molar-refractivity contribution < 1.29 is 0 Å². The Hall–Kier alpha value is -0.300. The number of rotatable bonds is 0. The molecule has 0 fully saturated rings. The van der Waals surface area contributed by atoms with Crippen molar-refractivity contribution in [2.75, 3.05) is 20.1 Å². The molecule has 0 saturated carbocycles. The Morgan fingerprint density at radius 1 is 0.769 bits per heavy atom. The van der Waals surface area contributed by atoms with E-state index in [9.17, 15) is 0 Å². The molecule has 76 valence electrons. The third-order valence-electron chi connectivity index (χ3n) is 2.74. The third-order valence-corrected chi connectivity index (χ3v) is 2.74. The Morgan fingerprint density at radius 2 is 1.38 bits per heavy atom. The largest absolute Gasteiger partial charge is 0.306 e. The molecule has 0 atom stereocenters. The fourth-order valence-corrected chi connectivity index (χ4v) is 1.82. The first-order valence-corrected chi connectivity index (χ1v) is 5.73. The Kier molecular flexibility index (Phi) is 5.92. The molecule has 1 heteroatoms. The van der Waals surface area contributed by atoms with Crippen LogP contribution in [0.4, 0.5) is 0 Å². The predicted molar refractivity (Wildman–Crippen MR) is 59.0 cm³/mol. The summed E-state index contributed by atoms with van der Waals surface area (Å²) in [5, 5.41) is 0. The van der Waals surface area contributed by atoms with Gasteiger partial charge in [0.2, 0.25) is 0 Å². The third kappa shape index (κ3) is 5.87. The summed E-state index contributed by atoms with van der Waals surface area (Å²) in [7, 11) is 2.25.